The van der Waals surface area contributed by atoms with Gasteiger partial charge in [0.1, 0.15) is 29.9 Å². The number of hydrogen-bond donors (Lipinski definition) is 4. The SMILES string of the molecule is CC(C)=CCOC1=CC(=O)c2c(O)c3c(c4c(O)cc(C)c1c24)OC1C=C2C(=CCC4(C)C2CCC4C(C)C=CC(C)C(C)C)C2(C)CCC(O)CC12N3. The molecule has 0 radical (unpaired) electrons. The van der Waals surface area contributed by atoms with Crippen LogP contribution in [-0.2, 0) is 4.74 Å². The minimum Gasteiger partial charge on any atom is -0.507 e. The molecule has 0 saturated heterocycles. The number of aliphatic hydroxyl groups excluding tert-OH is 1. The van der Waals surface area contributed by atoms with E-state index in [1.807, 2.05) is 26.8 Å². The second-order valence-corrected chi connectivity index (χ2v) is 18.6. The van der Waals surface area contributed by atoms with Gasteiger partial charge in [-0.25, -0.2) is 0 Å². The summed E-state index contributed by atoms with van der Waals surface area (Å²) in [6.07, 6.45) is 17.2. The van der Waals surface area contributed by atoms with Gasteiger partial charge in [0.15, 0.2) is 17.3 Å². The van der Waals surface area contributed by atoms with Crippen LogP contribution in [0.4, 0.5) is 5.69 Å². The van der Waals surface area contributed by atoms with Gasteiger partial charge in [-0.1, -0.05) is 65.3 Å². The summed E-state index contributed by atoms with van der Waals surface area (Å²) < 4.78 is 13.4. The zero-order valence-corrected chi connectivity index (χ0v) is 33.6. The quantitative estimate of drug-likeness (QED) is 0.166. The smallest absolute Gasteiger partial charge is 0.194 e. The van der Waals surface area contributed by atoms with Gasteiger partial charge < -0.3 is 30.1 Å². The highest BCUT2D eigenvalue weighted by Gasteiger charge is 2.66. The summed E-state index contributed by atoms with van der Waals surface area (Å²) in [7, 11) is 0. The molecular formula is C47H59NO6. The minimum atomic E-state index is -0.797. The number of ether oxygens (including phenoxy) is 2. The molecule has 0 aromatic heterocycles. The Labute approximate surface area is 320 Å². The Morgan fingerprint density at radius 1 is 1.07 bits per heavy atom. The van der Waals surface area contributed by atoms with Gasteiger partial charge in [0, 0.05) is 28.9 Å². The van der Waals surface area contributed by atoms with Crippen molar-refractivity contribution in [2.75, 3.05) is 11.9 Å². The van der Waals surface area contributed by atoms with Gasteiger partial charge in [0.2, 0.25) is 0 Å². The van der Waals surface area contributed by atoms with Gasteiger partial charge in [-0.3, -0.25) is 4.79 Å². The number of phenolic OH excluding ortho intramolecular Hbond substituents is 2. The van der Waals surface area contributed by atoms with E-state index >= 15 is 0 Å². The van der Waals surface area contributed by atoms with E-state index in [4.69, 9.17) is 9.47 Å². The second-order valence-electron chi connectivity index (χ2n) is 18.6. The molecule has 1 spiro atoms. The predicted octanol–water partition coefficient (Wildman–Crippen LogP) is 10.3. The summed E-state index contributed by atoms with van der Waals surface area (Å²) in [6, 6.07) is 1.69. The Bertz CT molecular complexity index is 2100. The fraction of sp³-hybridized carbons (Fsp3) is 0.553. The molecule has 0 bridgehead atoms. The summed E-state index contributed by atoms with van der Waals surface area (Å²) in [6.45, 7) is 20.2. The zero-order valence-electron chi connectivity index (χ0n) is 33.6. The third-order valence-electron chi connectivity index (χ3n) is 14.9. The molecule has 2 saturated carbocycles. The van der Waals surface area contributed by atoms with E-state index in [0.29, 0.717) is 76.0 Å². The third kappa shape index (κ3) is 5.19. The number of nitrogens with one attached hydrogen (secondary N) is 1. The van der Waals surface area contributed by atoms with Crippen LogP contribution in [0.25, 0.3) is 16.5 Å². The van der Waals surface area contributed by atoms with Crippen LogP contribution < -0.4 is 10.1 Å². The monoisotopic (exact) mass is 733 g/mol. The van der Waals surface area contributed by atoms with Gasteiger partial charge in [-0.2, -0.15) is 0 Å². The van der Waals surface area contributed by atoms with Crippen LogP contribution in [0.3, 0.4) is 0 Å². The van der Waals surface area contributed by atoms with Crippen molar-refractivity contribution >= 4 is 28.0 Å². The molecule has 2 aromatic rings. The van der Waals surface area contributed by atoms with Crippen LogP contribution in [-0.4, -0.2) is 45.5 Å². The Hall–Kier alpha value is -3.97. The lowest BCUT2D eigenvalue weighted by atomic mass is 9.47. The number of allylic oxidation sites excluding steroid dienone is 6. The number of benzene rings is 2. The van der Waals surface area contributed by atoms with Crippen molar-refractivity contribution in [1.29, 1.82) is 0 Å². The molecule has 7 heteroatoms. The number of rotatable bonds is 7. The van der Waals surface area contributed by atoms with E-state index in [2.05, 4.69) is 71.2 Å². The summed E-state index contributed by atoms with van der Waals surface area (Å²) in [4.78, 5) is 13.9. The van der Waals surface area contributed by atoms with E-state index in [9.17, 15) is 20.1 Å². The molecule has 7 nitrogen and oxygen atoms in total. The average Bonchev–Trinajstić information content (AvgIpc) is 3.46. The standard InChI is InChI=1S/C47H59NO6/c1-24(2)16-19-53-36-22-35(51)39-41-38(36)28(7)20-34(50)40(41)44-42(43(39)52)48-47-23-29(49)14-18-46(47,9)33-15-17-45(8)31(27(6)11-10-26(5)25(3)4)12-13-32(45)30(33)21-37(47)54-44/h10-11,15-16,20-22,25-27,29,31-32,37,48-50,52H,12-14,17-19,23H2,1-9H3. The second kappa shape index (κ2) is 12.8. The molecule has 8 rings (SSSR count). The van der Waals surface area contributed by atoms with E-state index in [1.165, 1.54) is 23.6 Å². The molecule has 9 atom stereocenters. The molecule has 6 aliphatic rings. The molecule has 1 heterocycles. The lowest BCUT2D eigenvalue weighted by Crippen LogP contribution is -2.69. The van der Waals surface area contributed by atoms with Gasteiger partial charge in [-0.15, -0.1) is 0 Å². The van der Waals surface area contributed by atoms with Crippen molar-refractivity contribution in [2.24, 2.45) is 40.4 Å². The largest absolute Gasteiger partial charge is 0.507 e. The number of aliphatic hydroxyl groups is 1. The van der Waals surface area contributed by atoms with Crippen molar-refractivity contribution in [3.05, 3.63) is 75.9 Å². The van der Waals surface area contributed by atoms with E-state index in [0.717, 1.165) is 30.4 Å². The first-order chi connectivity index (χ1) is 25.5. The number of ketones is 1. The lowest BCUT2D eigenvalue weighted by molar-refractivity contribution is -0.0300. The van der Waals surface area contributed by atoms with Gasteiger partial charge in [-0.05, 0) is 123 Å². The number of fused-ring (bicyclic) bond motifs is 6. The summed E-state index contributed by atoms with van der Waals surface area (Å²) >= 11 is 0. The van der Waals surface area contributed by atoms with Crippen LogP contribution in [0, 0.1) is 47.3 Å². The normalized spacial score (nSPS) is 33.2. The number of aromatic hydroxyl groups is 2. The van der Waals surface area contributed by atoms with E-state index in [1.54, 1.807) is 6.07 Å². The topological polar surface area (TPSA) is 108 Å². The summed E-state index contributed by atoms with van der Waals surface area (Å²) in [5.74, 6) is 2.67. The van der Waals surface area contributed by atoms with Crippen LogP contribution in [0.15, 0.2) is 59.2 Å². The predicted molar refractivity (Wildman–Crippen MR) is 216 cm³/mol. The molecule has 0 amide bonds. The van der Waals surface area contributed by atoms with Gasteiger partial charge in [0.25, 0.3) is 0 Å². The first-order valence-corrected chi connectivity index (χ1v) is 20.3. The highest BCUT2D eigenvalue weighted by molar-refractivity contribution is 6.26. The van der Waals surface area contributed by atoms with Crippen LogP contribution in [0.1, 0.15) is 115 Å². The molecule has 54 heavy (non-hydrogen) atoms. The fourth-order valence-electron chi connectivity index (χ4n) is 11.5. The molecule has 4 N–H and O–H groups in total. The maximum Gasteiger partial charge on any atom is 0.194 e. The summed E-state index contributed by atoms with van der Waals surface area (Å²) in [5, 5.41) is 39.8. The number of carbonyl (C=O) groups excluding carboxylic acids is 1. The first kappa shape index (κ1) is 37.0. The Morgan fingerprint density at radius 2 is 1.83 bits per heavy atom. The van der Waals surface area contributed by atoms with Crippen LogP contribution >= 0.6 is 0 Å². The van der Waals surface area contributed by atoms with Crippen molar-refractivity contribution in [3.8, 4) is 17.2 Å². The van der Waals surface area contributed by atoms with Crippen LogP contribution in [0.5, 0.6) is 17.2 Å². The number of carbonyl (C=O) groups is 1. The van der Waals surface area contributed by atoms with Gasteiger partial charge in [0.05, 0.1) is 22.6 Å². The molecule has 1 aliphatic heterocycles. The lowest BCUT2D eigenvalue weighted by Gasteiger charge is -2.63. The number of anilines is 1. The maximum absolute atomic E-state index is 13.9. The summed E-state index contributed by atoms with van der Waals surface area (Å²) in [5.41, 5.74) is 4.49. The van der Waals surface area contributed by atoms with Crippen molar-refractivity contribution in [3.63, 3.8) is 0 Å². The molecule has 5 aliphatic carbocycles. The molecule has 2 fully saturated rings. The Kier molecular flexibility index (Phi) is 8.76. The number of hydrogen-bond acceptors (Lipinski definition) is 7. The van der Waals surface area contributed by atoms with Crippen molar-refractivity contribution in [2.45, 2.75) is 119 Å². The zero-order chi connectivity index (χ0) is 38.6. The highest BCUT2D eigenvalue weighted by Crippen LogP contribution is 2.68. The Balaban J connectivity index is 1.27. The number of phenols is 2. The molecule has 9 unspecified atom stereocenters. The number of aryl methyl sites for hydroxylation is 1. The molecular weight excluding hydrogens is 675 g/mol. The van der Waals surface area contributed by atoms with E-state index in [-0.39, 0.29) is 29.1 Å². The Morgan fingerprint density at radius 3 is 2.56 bits per heavy atom. The van der Waals surface area contributed by atoms with Crippen molar-refractivity contribution in [1.82, 2.24) is 0 Å². The van der Waals surface area contributed by atoms with E-state index < -0.39 is 28.9 Å². The third-order valence-corrected chi connectivity index (χ3v) is 14.9. The fourth-order valence-corrected chi connectivity index (χ4v) is 11.5. The molecule has 2 aromatic carbocycles. The minimum absolute atomic E-state index is 0.0203. The average molecular weight is 734 g/mol. The van der Waals surface area contributed by atoms with Gasteiger partial charge >= 0.3 is 0 Å². The highest BCUT2D eigenvalue weighted by atomic mass is 16.5. The van der Waals surface area contributed by atoms with Crippen LogP contribution in [0.2, 0.25) is 0 Å². The first-order valence-electron chi connectivity index (χ1n) is 20.3. The maximum atomic E-state index is 13.9. The van der Waals surface area contributed by atoms with Crippen molar-refractivity contribution < 1.29 is 29.6 Å². The molecule has 288 valence electrons.